The molecule has 9 heteroatoms. The molecule has 4 heterocycles. The largest absolute Gasteiger partial charge is 0.395 e. The average molecular weight is 452 g/mol. The molecule has 0 fully saturated rings. The van der Waals surface area contributed by atoms with Crippen molar-refractivity contribution in [2.24, 2.45) is 7.05 Å². The summed E-state index contributed by atoms with van der Waals surface area (Å²) in [6.07, 6.45) is 7.21. The first-order chi connectivity index (χ1) is 15.0. The Morgan fingerprint density at radius 2 is 2.06 bits per heavy atom. The van der Waals surface area contributed by atoms with E-state index in [2.05, 4.69) is 11.9 Å². The van der Waals surface area contributed by atoms with Crippen molar-refractivity contribution in [2.75, 3.05) is 11.5 Å². The smallest absolute Gasteiger partial charge is 0.258 e. The highest BCUT2D eigenvalue weighted by atomic mass is 32.2. The third-order valence-corrected chi connectivity index (χ3v) is 8.49. The van der Waals surface area contributed by atoms with Crippen molar-refractivity contribution >= 4 is 54.6 Å². The van der Waals surface area contributed by atoms with Crippen LogP contribution in [0.5, 0.6) is 0 Å². The van der Waals surface area contributed by atoms with Crippen molar-refractivity contribution in [3.05, 3.63) is 53.2 Å². The number of aromatic nitrogens is 4. The summed E-state index contributed by atoms with van der Waals surface area (Å²) in [6, 6.07) is 7.56. The third kappa shape index (κ3) is 3.16. The maximum Gasteiger partial charge on any atom is 0.258 e. The Labute approximate surface area is 184 Å². The summed E-state index contributed by atoms with van der Waals surface area (Å²) < 4.78 is 17.0. The fraction of sp³-hybridized carbons (Fsp3) is 0.227. The second-order valence-electron chi connectivity index (χ2n) is 7.48. The van der Waals surface area contributed by atoms with Crippen LogP contribution in [0.25, 0.3) is 38.0 Å². The van der Waals surface area contributed by atoms with Crippen LogP contribution < -0.4 is 11.3 Å². The summed E-state index contributed by atoms with van der Waals surface area (Å²) in [5.74, 6) is 0.590. The maximum atomic E-state index is 12.8. The molecule has 0 spiro atoms. The van der Waals surface area contributed by atoms with Crippen LogP contribution in [-0.2, 0) is 17.8 Å². The fourth-order valence-electron chi connectivity index (χ4n) is 3.70. The normalized spacial score (nSPS) is 12.8. The molecule has 0 radical (unpaired) electrons. The lowest BCUT2D eigenvalue weighted by Crippen LogP contribution is -2.15. The highest BCUT2D eigenvalue weighted by Crippen LogP contribution is 2.38. The molecule has 1 aromatic carbocycles. The van der Waals surface area contributed by atoms with Gasteiger partial charge >= 0.3 is 0 Å². The first-order valence-corrected chi connectivity index (χ1v) is 12.2. The number of nitrogens with two attached hydrogens (primary N) is 1. The molecule has 0 amide bonds. The predicted molar refractivity (Wildman–Crippen MR) is 127 cm³/mol. The number of nitrogen functional groups attached to an aromatic ring is 1. The summed E-state index contributed by atoms with van der Waals surface area (Å²) in [5, 5.41) is 1.49. The molecule has 5 rings (SSSR count). The standard InChI is InChI=1S/C22H21N5O2S2/c1-3-4-11-31(29)22-16(23)18-21(30-22)27-10-8-24-19(27)17(25-18)14-5-6-15-13(12-14)7-9-26(2)20(15)28/h5-10,12H,3-4,11,23H2,1-2H3. The van der Waals surface area contributed by atoms with Gasteiger partial charge in [-0.25, -0.2) is 9.97 Å². The molecule has 0 bridgehead atoms. The molecular formula is C22H21N5O2S2. The number of aryl methyl sites for hydroxylation is 1. The number of unbranched alkanes of at least 4 members (excludes halogenated alkanes) is 1. The molecule has 0 aliphatic rings. The van der Waals surface area contributed by atoms with E-state index in [1.54, 1.807) is 24.0 Å². The number of rotatable bonds is 5. The van der Waals surface area contributed by atoms with Gasteiger partial charge in [0.25, 0.3) is 5.56 Å². The predicted octanol–water partition coefficient (Wildman–Crippen LogP) is 3.95. The van der Waals surface area contributed by atoms with Crippen LogP contribution in [-0.4, -0.2) is 28.9 Å². The van der Waals surface area contributed by atoms with E-state index < -0.39 is 10.8 Å². The SMILES string of the molecule is CCCCS(=O)c1sc2c(nc(-c3ccc4c(=O)n(C)ccc4c3)c3nccn32)c1N. The summed E-state index contributed by atoms with van der Waals surface area (Å²) in [5.41, 5.74) is 9.71. The molecule has 1 atom stereocenters. The number of anilines is 1. The zero-order chi connectivity index (χ0) is 21.7. The molecular weight excluding hydrogens is 430 g/mol. The number of imidazole rings is 1. The van der Waals surface area contributed by atoms with Gasteiger partial charge in [-0.3, -0.25) is 13.4 Å². The number of fused-ring (bicyclic) bond motifs is 4. The van der Waals surface area contributed by atoms with Gasteiger partial charge < -0.3 is 10.3 Å². The first-order valence-electron chi connectivity index (χ1n) is 10.0. The van der Waals surface area contributed by atoms with Crippen molar-refractivity contribution in [2.45, 2.75) is 24.0 Å². The van der Waals surface area contributed by atoms with E-state index in [1.807, 2.05) is 34.9 Å². The third-order valence-electron chi connectivity index (χ3n) is 5.41. The Bertz CT molecular complexity index is 1550. The van der Waals surface area contributed by atoms with E-state index in [1.165, 1.54) is 11.3 Å². The Balaban J connectivity index is 1.74. The molecule has 1 unspecified atom stereocenters. The molecule has 0 saturated heterocycles. The Morgan fingerprint density at radius 3 is 2.87 bits per heavy atom. The number of benzene rings is 1. The van der Waals surface area contributed by atoms with Gasteiger partial charge in [-0.2, -0.15) is 0 Å². The number of pyridine rings is 1. The van der Waals surface area contributed by atoms with E-state index in [0.29, 0.717) is 37.9 Å². The quantitative estimate of drug-likeness (QED) is 0.436. The van der Waals surface area contributed by atoms with Gasteiger partial charge in [-0.05, 0) is 30.0 Å². The van der Waals surface area contributed by atoms with Gasteiger partial charge in [0.1, 0.15) is 20.3 Å². The molecule has 0 aliphatic heterocycles. The highest BCUT2D eigenvalue weighted by molar-refractivity contribution is 7.87. The Morgan fingerprint density at radius 1 is 1.23 bits per heavy atom. The molecule has 7 nitrogen and oxygen atoms in total. The summed E-state index contributed by atoms with van der Waals surface area (Å²) in [4.78, 5) is 22.6. The molecule has 4 aromatic heterocycles. The second kappa shape index (κ2) is 7.58. The van der Waals surface area contributed by atoms with Crippen LogP contribution in [0.15, 0.2) is 51.9 Å². The van der Waals surface area contributed by atoms with E-state index in [4.69, 9.17) is 10.7 Å². The topological polar surface area (TPSA) is 95.3 Å². The number of hydrogen-bond acceptors (Lipinski definition) is 6. The molecule has 0 aliphatic carbocycles. The minimum Gasteiger partial charge on any atom is -0.395 e. The van der Waals surface area contributed by atoms with Crippen LogP contribution in [0.2, 0.25) is 0 Å². The van der Waals surface area contributed by atoms with Crippen molar-refractivity contribution < 1.29 is 4.21 Å². The summed E-state index contributed by atoms with van der Waals surface area (Å²) in [6.45, 7) is 2.08. The van der Waals surface area contributed by atoms with Crippen LogP contribution >= 0.6 is 11.3 Å². The van der Waals surface area contributed by atoms with Gasteiger partial charge in [-0.1, -0.05) is 19.4 Å². The minimum absolute atomic E-state index is 0.0419. The molecule has 2 N–H and O–H groups in total. The maximum absolute atomic E-state index is 12.8. The second-order valence-corrected chi connectivity index (χ2v) is 10.2. The summed E-state index contributed by atoms with van der Waals surface area (Å²) in [7, 11) is 0.587. The fourth-order valence-corrected chi connectivity index (χ4v) is 6.52. The molecule has 158 valence electrons. The Kier molecular flexibility index (Phi) is 4.86. The summed E-state index contributed by atoms with van der Waals surface area (Å²) >= 11 is 1.42. The lowest BCUT2D eigenvalue weighted by molar-refractivity contribution is 0.681. The van der Waals surface area contributed by atoms with Crippen molar-refractivity contribution in [1.82, 2.24) is 18.9 Å². The van der Waals surface area contributed by atoms with Gasteiger partial charge in [0.2, 0.25) is 0 Å². The van der Waals surface area contributed by atoms with Gasteiger partial charge in [0.05, 0.1) is 16.5 Å². The van der Waals surface area contributed by atoms with Gasteiger partial charge in [0, 0.05) is 42.3 Å². The minimum atomic E-state index is -1.15. The van der Waals surface area contributed by atoms with Crippen LogP contribution in [0, 0.1) is 0 Å². The van der Waals surface area contributed by atoms with Crippen LogP contribution in [0.1, 0.15) is 19.8 Å². The van der Waals surface area contributed by atoms with E-state index in [0.717, 1.165) is 28.6 Å². The Hall–Kier alpha value is -3.04. The zero-order valence-corrected chi connectivity index (χ0v) is 18.8. The lowest BCUT2D eigenvalue weighted by atomic mass is 10.1. The molecule has 5 aromatic rings. The van der Waals surface area contributed by atoms with Crippen molar-refractivity contribution in [1.29, 1.82) is 0 Å². The van der Waals surface area contributed by atoms with Crippen molar-refractivity contribution in [3.8, 4) is 11.3 Å². The van der Waals surface area contributed by atoms with E-state index >= 15 is 0 Å². The van der Waals surface area contributed by atoms with E-state index in [-0.39, 0.29) is 5.56 Å². The molecule has 0 saturated carbocycles. The van der Waals surface area contributed by atoms with Crippen LogP contribution in [0.3, 0.4) is 0 Å². The highest BCUT2D eigenvalue weighted by Gasteiger charge is 2.21. The average Bonchev–Trinajstić information content (AvgIpc) is 3.39. The van der Waals surface area contributed by atoms with Gasteiger partial charge in [0.15, 0.2) is 5.65 Å². The van der Waals surface area contributed by atoms with E-state index in [9.17, 15) is 9.00 Å². The van der Waals surface area contributed by atoms with Crippen molar-refractivity contribution in [3.63, 3.8) is 0 Å². The first kappa shape index (κ1) is 19.9. The number of nitrogens with zero attached hydrogens (tertiary/aromatic N) is 4. The van der Waals surface area contributed by atoms with Gasteiger partial charge in [-0.15, -0.1) is 11.3 Å². The number of hydrogen-bond donors (Lipinski definition) is 1. The number of thiophene rings is 1. The van der Waals surface area contributed by atoms with Crippen LogP contribution in [0.4, 0.5) is 5.69 Å². The molecule has 31 heavy (non-hydrogen) atoms. The lowest BCUT2D eigenvalue weighted by Gasteiger charge is -2.07. The zero-order valence-electron chi connectivity index (χ0n) is 17.2. The monoisotopic (exact) mass is 451 g/mol.